The number of hydrogen-bond acceptors (Lipinski definition) is 8. The highest BCUT2D eigenvalue weighted by Crippen LogP contribution is 2.33. The van der Waals surface area contributed by atoms with E-state index in [0.717, 1.165) is 32.1 Å². The van der Waals surface area contributed by atoms with Gasteiger partial charge in [0.15, 0.2) is 5.82 Å². The van der Waals surface area contributed by atoms with E-state index < -0.39 is 20.8 Å². The zero-order valence-electron chi connectivity index (χ0n) is 17.0. The molecule has 4 rings (SSSR count). The molecule has 2 aliphatic rings. The molecule has 0 atom stereocenters. The normalized spacial score (nSPS) is 18.5. The van der Waals surface area contributed by atoms with Crippen molar-refractivity contribution in [3.63, 3.8) is 0 Å². The second kappa shape index (κ2) is 8.55. The molecular formula is C20H25N5O4S. The van der Waals surface area contributed by atoms with Gasteiger partial charge in [0, 0.05) is 19.5 Å². The summed E-state index contributed by atoms with van der Waals surface area (Å²) in [5, 5.41) is 9.23. The van der Waals surface area contributed by atoms with E-state index in [4.69, 9.17) is 4.52 Å². The van der Waals surface area contributed by atoms with Crippen LogP contribution < -0.4 is 5.01 Å². The maximum Gasteiger partial charge on any atom is 0.286 e. The van der Waals surface area contributed by atoms with Crippen LogP contribution in [0.1, 0.15) is 50.7 Å². The second-order valence-electron chi connectivity index (χ2n) is 7.49. The standard InChI is InChI=1S/C20H25N5O4S/c1-2-9-17-21-18(29-23-17)14-25-15-10-5-6-11-16(15)30(27,28)19(22-25)20(26)24-12-7-3-4-8-13-24/h5-6,10-11H,2-4,7-9,12-14H2,1H3. The van der Waals surface area contributed by atoms with Crippen molar-refractivity contribution < 1.29 is 17.7 Å². The molecule has 0 unspecified atom stereocenters. The molecule has 1 aromatic carbocycles. The Labute approximate surface area is 175 Å². The van der Waals surface area contributed by atoms with Gasteiger partial charge in [-0.25, -0.2) is 8.42 Å². The summed E-state index contributed by atoms with van der Waals surface area (Å²) >= 11 is 0. The maximum absolute atomic E-state index is 13.2. The van der Waals surface area contributed by atoms with Crippen LogP contribution in [-0.4, -0.2) is 47.5 Å². The first-order valence-corrected chi connectivity index (χ1v) is 11.8. The Morgan fingerprint density at radius 1 is 1.13 bits per heavy atom. The Balaban J connectivity index is 1.70. The molecular weight excluding hydrogens is 406 g/mol. The fourth-order valence-corrected chi connectivity index (χ4v) is 5.19. The Morgan fingerprint density at radius 2 is 1.87 bits per heavy atom. The number of para-hydroxylation sites is 1. The van der Waals surface area contributed by atoms with Crippen LogP contribution in [0.3, 0.4) is 0 Å². The number of carbonyl (C=O) groups excluding carboxylic acids is 1. The summed E-state index contributed by atoms with van der Waals surface area (Å²) in [7, 11) is -4.02. The van der Waals surface area contributed by atoms with Crippen LogP contribution in [0.2, 0.25) is 0 Å². The molecule has 2 aromatic rings. The average molecular weight is 432 g/mol. The lowest BCUT2D eigenvalue weighted by Crippen LogP contribution is -2.43. The molecule has 0 saturated carbocycles. The molecule has 1 aromatic heterocycles. The van der Waals surface area contributed by atoms with Gasteiger partial charge < -0.3 is 9.42 Å². The minimum Gasteiger partial charge on any atom is -0.337 e. The maximum atomic E-state index is 13.2. The Kier molecular flexibility index (Phi) is 5.85. The monoisotopic (exact) mass is 431 g/mol. The lowest BCUT2D eigenvalue weighted by atomic mass is 10.2. The number of hydrogen-bond donors (Lipinski definition) is 0. The van der Waals surface area contributed by atoms with Crippen LogP contribution in [0.15, 0.2) is 38.8 Å². The predicted molar refractivity (Wildman–Crippen MR) is 111 cm³/mol. The molecule has 30 heavy (non-hydrogen) atoms. The van der Waals surface area contributed by atoms with Crippen LogP contribution in [0, 0.1) is 0 Å². The van der Waals surface area contributed by atoms with Gasteiger partial charge in [-0.2, -0.15) is 10.1 Å². The van der Waals surface area contributed by atoms with Crippen LogP contribution in [0.25, 0.3) is 0 Å². The molecule has 1 amide bonds. The Bertz CT molecular complexity index is 1050. The second-order valence-corrected chi connectivity index (χ2v) is 9.33. The molecule has 9 nitrogen and oxygen atoms in total. The fraction of sp³-hybridized carbons (Fsp3) is 0.500. The highest BCUT2D eigenvalue weighted by atomic mass is 32.2. The van der Waals surface area contributed by atoms with E-state index in [0.29, 0.717) is 36.9 Å². The van der Waals surface area contributed by atoms with Crippen molar-refractivity contribution in [3.8, 4) is 0 Å². The summed E-state index contributed by atoms with van der Waals surface area (Å²) in [6.07, 6.45) is 5.38. The molecule has 0 aliphatic carbocycles. The molecule has 1 saturated heterocycles. The first-order chi connectivity index (χ1) is 14.5. The third-order valence-corrected chi connectivity index (χ3v) is 6.93. The third kappa shape index (κ3) is 3.96. The lowest BCUT2D eigenvalue weighted by molar-refractivity contribution is -0.123. The number of fused-ring (bicyclic) bond motifs is 1. The number of carbonyl (C=O) groups is 1. The molecule has 3 heterocycles. The van der Waals surface area contributed by atoms with Crippen molar-refractivity contribution in [1.29, 1.82) is 0 Å². The summed E-state index contributed by atoms with van der Waals surface area (Å²) in [5.74, 6) is 0.363. The topological polar surface area (TPSA) is 109 Å². The van der Waals surface area contributed by atoms with E-state index in [1.165, 1.54) is 11.1 Å². The van der Waals surface area contributed by atoms with Crippen LogP contribution in [0.5, 0.6) is 0 Å². The van der Waals surface area contributed by atoms with Gasteiger partial charge in [0.2, 0.25) is 20.8 Å². The molecule has 1 fully saturated rings. The first-order valence-electron chi connectivity index (χ1n) is 10.3. The zero-order chi connectivity index (χ0) is 21.1. The van der Waals surface area contributed by atoms with E-state index in [-0.39, 0.29) is 11.4 Å². The number of benzene rings is 1. The van der Waals surface area contributed by atoms with Crippen molar-refractivity contribution in [2.24, 2.45) is 5.10 Å². The number of likely N-dealkylation sites (tertiary alicyclic amines) is 1. The number of nitrogens with zero attached hydrogens (tertiary/aromatic N) is 5. The first kappa shape index (κ1) is 20.5. The van der Waals surface area contributed by atoms with Crippen molar-refractivity contribution in [2.75, 3.05) is 18.1 Å². The van der Waals surface area contributed by atoms with Crippen molar-refractivity contribution in [3.05, 3.63) is 36.0 Å². The Morgan fingerprint density at radius 3 is 2.60 bits per heavy atom. The fourth-order valence-electron chi connectivity index (χ4n) is 3.71. The Hall–Kier alpha value is -2.75. The number of sulfone groups is 1. The minimum absolute atomic E-state index is 0.0615. The van der Waals surface area contributed by atoms with E-state index in [9.17, 15) is 13.2 Å². The number of aromatic nitrogens is 2. The van der Waals surface area contributed by atoms with E-state index in [2.05, 4.69) is 15.2 Å². The van der Waals surface area contributed by atoms with Crippen LogP contribution in [0.4, 0.5) is 5.69 Å². The van der Waals surface area contributed by atoms with Gasteiger partial charge in [-0.3, -0.25) is 9.80 Å². The molecule has 0 N–H and O–H groups in total. The highest BCUT2D eigenvalue weighted by molar-refractivity contribution is 8.08. The molecule has 10 heteroatoms. The summed E-state index contributed by atoms with van der Waals surface area (Å²) in [4.78, 5) is 19.2. The van der Waals surface area contributed by atoms with Gasteiger partial charge in [0.25, 0.3) is 5.91 Å². The van der Waals surface area contributed by atoms with Gasteiger partial charge in [-0.15, -0.1) is 0 Å². The van der Waals surface area contributed by atoms with Gasteiger partial charge in [-0.1, -0.05) is 37.1 Å². The minimum atomic E-state index is -4.02. The van der Waals surface area contributed by atoms with Crippen molar-refractivity contribution >= 4 is 26.5 Å². The zero-order valence-corrected chi connectivity index (χ0v) is 17.8. The van der Waals surface area contributed by atoms with Crippen LogP contribution >= 0.6 is 0 Å². The van der Waals surface area contributed by atoms with Gasteiger partial charge in [0.05, 0.1) is 10.6 Å². The predicted octanol–water partition coefficient (Wildman–Crippen LogP) is 2.53. The van der Waals surface area contributed by atoms with E-state index in [1.54, 1.807) is 23.1 Å². The van der Waals surface area contributed by atoms with Crippen LogP contribution in [-0.2, 0) is 27.6 Å². The SMILES string of the molecule is CCCc1noc(CN2N=C(C(=O)N3CCCCCC3)S(=O)(=O)c3ccccc32)n1. The smallest absolute Gasteiger partial charge is 0.286 e. The van der Waals surface area contributed by atoms with E-state index in [1.807, 2.05) is 6.92 Å². The van der Waals surface area contributed by atoms with E-state index >= 15 is 0 Å². The van der Waals surface area contributed by atoms with Gasteiger partial charge >= 0.3 is 0 Å². The molecule has 160 valence electrons. The summed E-state index contributed by atoms with van der Waals surface area (Å²) < 4.78 is 31.7. The number of amides is 1. The molecule has 0 radical (unpaired) electrons. The quantitative estimate of drug-likeness (QED) is 0.715. The summed E-state index contributed by atoms with van der Waals surface area (Å²) in [5.41, 5.74) is 0.389. The lowest BCUT2D eigenvalue weighted by Gasteiger charge is -2.28. The molecule has 2 aliphatic heterocycles. The number of aryl methyl sites for hydroxylation is 1. The molecule has 0 bridgehead atoms. The average Bonchev–Trinajstić information content (AvgIpc) is 3.00. The number of rotatable bonds is 5. The van der Waals surface area contributed by atoms with Crippen molar-refractivity contribution in [2.45, 2.75) is 56.9 Å². The number of hydrazone groups is 1. The highest BCUT2D eigenvalue weighted by Gasteiger charge is 2.39. The summed E-state index contributed by atoms with van der Waals surface area (Å²) in [6.45, 7) is 3.19. The van der Waals surface area contributed by atoms with Gasteiger partial charge in [0.1, 0.15) is 6.54 Å². The molecule has 0 spiro atoms. The number of anilines is 1. The van der Waals surface area contributed by atoms with Crippen molar-refractivity contribution in [1.82, 2.24) is 15.0 Å². The largest absolute Gasteiger partial charge is 0.337 e. The summed E-state index contributed by atoms with van der Waals surface area (Å²) in [6, 6.07) is 6.53. The third-order valence-electron chi connectivity index (χ3n) is 5.24. The van der Waals surface area contributed by atoms with Gasteiger partial charge in [-0.05, 0) is 31.4 Å².